The van der Waals surface area contributed by atoms with Crippen LogP contribution in [0.3, 0.4) is 0 Å². The summed E-state index contributed by atoms with van der Waals surface area (Å²) in [5.74, 6) is -0.411. The van der Waals surface area contributed by atoms with E-state index in [9.17, 15) is 17.8 Å². The number of likely N-dealkylation sites (N-methyl/N-ethyl adjacent to an activating group) is 1. The summed E-state index contributed by atoms with van der Waals surface area (Å²) in [5.41, 5.74) is 1.93. The Morgan fingerprint density at radius 3 is 2.59 bits per heavy atom. The first kappa shape index (κ1) is 18.6. The minimum absolute atomic E-state index is 0.0742. The Labute approximate surface area is 132 Å². The number of unbranched alkanes of at least 4 members (excludes halogenated alkanes) is 1. The SMILES string of the molecule is CCc1ccccc1NC(=O)C[NH+](C)CCCCS(=O)(=O)[O-]. The summed E-state index contributed by atoms with van der Waals surface area (Å²) >= 11 is 0. The maximum atomic E-state index is 12.0. The molecule has 0 aliphatic heterocycles. The van der Waals surface area contributed by atoms with Gasteiger partial charge in [-0.25, -0.2) is 8.42 Å². The molecular formula is C15H24N2O4S. The quantitative estimate of drug-likeness (QED) is 0.494. The molecule has 1 aromatic rings. The van der Waals surface area contributed by atoms with Crippen molar-refractivity contribution in [3.05, 3.63) is 29.8 Å². The lowest BCUT2D eigenvalue weighted by molar-refractivity contribution is -0.871. The zero-order valence-electron chi connectivity index (χ0n) is 13.1. The zero-order valence-corrected chi connectivity index (χ0v) is 13.9. The third-order valence-electron chi connectivity index (χ3n) is 3.38. The van der Waals surface area contributed by atoms with E-state index in [-0.39, 0.29) is 11.7 Å². The molecule has 0 aliphatic carbocycles. The maximum absolute atomic E-state index is 12.0. The van der Waals surface area contributed by atoms with Gasteiger partial charge in [0, 0.05) is 11.4 Å². The number of aryl methyl sites for hydroxylation is 1. The molecule has 1 unspecified atom stereocenters. The number of nitrogens with one attached hydrogen (secondary N) is 2. The molecule has 1 rings (SSSR count). The highest BCUT2D eigenvalue weighted by Gasteiger charge is 2.11. The van der Waals surface area contributed by atoms with E-state index < -0.39 is 10.1 Å². The fourth-order valence-electron chi connectivity index (χ4n) is 2.21. The second-order valence-electron chi connectivity index (χ2n) is 5.41. The fourth-order valence-corrected chi connectivity index (χ4v) is 2.77. The molecule has 0 fully saturated rings. The van der Waals surface area contributed by atoms with Crippen molar-refractivity contribution >= 4 is 21.7 Å². The number of hydrogen-bond donors (Lipinski definition) is 2. The Hall–Kier alpha value is -1.44. The first-order valence-corrected chi connectivity index (χ1v) is 9.02. The summed E-state index contributed by atoms with van der Waals surface area (Å²) in [6.07, 6.45) is 1.79. The van der Waals surface area contributed by atoms with Crippen LogP contribution in [0.15, 0.2) is 24.3 Å². The number of benzene rings is 1. The van der Waals surface area contributed by atoms with Crippen molar-refractivity contribution in [3.8, 4) is 0 Å². The van der Waals surface area contributed by atoms with E-state index in [1.165, 1.54) is 0 Å². The van der Waals surface area contributed by atoms with Crippen molar-refractivity contribution in [2.24, 2.45) is 0 Å². The molecule has 2 N–H and O–H groups in total. The molecule has 7 heteroatoms. The standard InChI is InChI=1S/C15H24N2O4S/c1-3-13-8-4-5-9-14(13)16-15(18)12-17(2)10-6-7-11-22(19,20)21/h4-5,8-9H,3,6-7,10-12H2,1-2H3,(H,16,18)(H,19,20,21). The smallest absolute Gasteiger partial charge is 0.279 e. The molecule has 0 heterocycles. The van der Waals surface area contributed by atoms with E-state index >= 15 is 0 Å². The molecule has 0 aliphatic rings. The Morgan fingerprint density at radius 1 is 1.27 bits per heavy atom. The normalized spacial score (nSPS) is 12.9. The van der Waals surface area contributed by atoms with E-state index in [0.29, 0.717) is 25.9 Å². The van der Waals surface area contributed by atoms with Crippen molar-refractivity contribution < 1.29 is 22.7 Å². The van der Waals surface area contributed by atoms with Crippen LogP contribution in [0.25, 0.3) is 0 Å². The van der Waals surface area contributed by atoms with Gasteiger partial charge >= 0.3 is 0 Å². The van der Waals surface area contributed by atoms with Gasteiger partial charge in [0.1, 0.15) is 0 Å². The number of rotatable bonds is 9. The zero-order chi connectivity index (χ0) is 16.6. The summed E-state index contributed by atoms with van der Waals surface area (Å²) in [4.78, 5) is 13.0. The molecule has 0 saturated heterocycles. The molecule has 0 radical (unpaired) electrons. The summed E-state index contributed by atoms with van der Waals surface area (Å²) in [6.45, 7) is 2.99. The molecule has 124 valence electrons. The molecular weight excluding hydrogens is 304 g/mol. The van der Waals surface area contributed by atoms with Crippen LogP contribution in [-0.2, 0) is 21.3 Å². The predicted molar refractivity (Wildman–Crippen MR) is 84.9 cm³/mol. The van der Waals surface area contributed by atoms with E-state index in [2.05, 4.69) is 5.32 Å². The number of amides is 1. The van der Waals surface area contributed by atoms with Gasteiger partial charge in [-0.1, -0.05) is 25.1 Å². The molecule has 0 spiro atoms. The molecule has 1 amide bonds. The van der Waals surface area contributed by atoms with Crippen LogP contribution in [0.5, 0.6) is 0 Å². The molecule has 0 saturated carbocycles. The lowest BCUT2D eigenvalue weighted by atomic mass is 10.1. The fraction of sp³-hybridized carbons (Fsp3) is 0.533. The van der Waals surface area contributed by atoms with E-state index in [1.54, 1.807) is 0 Å². The Balaban J connectivity index is 2.35. The average molecular weight is 328 g/mol. The predicted octanol–water partition coefficient (Wildman–Crippen LogP) is 0.0276. The van der Waals surface area contributed by atoms with Crippen molar-refractivity contribution in [3.63, 3.8) is 0 Å². The Kier molecular flexibility index (Phi) is 7.50. The largest absolute Gasteiger partial charge is 0.748 e. The van der Waals surface area contributed by atoms with Crippen LogP contribution in [0, 0.1) is 0 Å². The van der Waals surface area contributed by atoms with Gasteiger partial charge in [-0.3, -0.25) is 4.79 Å². The summed E-state index contributed by atoms with van der Waals surface area (Å²) < 4.78 is 31.5. The first-order valence-electron chi connectivity index (χ1n) is 7.44. The van der Waals surface area contributed by atoms with Gasteiger partial charge in [-0.15, -0.1) is 0 Å². The van der Waals surface area contributed by atoms with Gasteiger partial charge in [0.05, 0.1) is 23.7 Å². The van der Waals surface area contributed by atoms with Gasteiger partial charge < -0.3 is 14.8 Å². The van der Waals surface area contributed by atoms with Gasteiger partial charge in [-0.2, -0.15) is 0 Å². The van der Waals surface area contributed by atoms with E-state index in [1.807, 2.05) is 38.2 Å². The number of carbonyl (C=O) groups excluding carboxylic acids is 1. The maximum Gasteiger partial charge on any atom is 0.279 e. The van der Waals surface area contributed by atoms with Crippen LogP contribution in [0.4, 0.5) is 5.69 Å². The van der Waals surface area contributed by atoms with E-state index in [0.717, 1.165) is 22.6 Å². The molecule has 6 nitrogen and oxygen atoms in total. The lowest BCUT2D eigenvalue weighted by Crippen LogP contribution is -3.10. The molecule has 22 heavy (non-hydrogen) atoms. The third-order valence-corrected chi connectivity index (χ3v) is 4.17. The van der Waals surface area contributed by atoms with Crippen LogP contribution < -0.4 is 10.2 Å². The van der Waals surface area contributed by atoms with Gasteiger partial charge in [0.2, 0.25) is 0 Å². The molecule has 0 bridgehead atoms. The van der Waals surface area contributed by atoms with Crippen LogP contribution >= 0.6 is 0 Å². The topological polar surface area (TPSA) is 90.7 Å². The first-order chi connectivity index (χ1) is 10.3. The van der Waals surface area contributed by atoms with Gasteiger partial charge in [0.25, 0.3) is 5.91 Å². The second-order valence-corrected chi connectivity index (χ2v) is 6.94. The average Bonchev–Trinajstić information content (AvgIpc) is 2.43. The molecule has 1 aromatic carbocycles. The number of quaternary nitrogens is 1. The van der Waals surface area contributed by atoms with Crippen molar-refractivity contribution in [2.75, 3.05) is 31.2 Å². The number of para-hydroxylation sites is 1. The summed E-state index contributed by atoms with van der Waals surface area (Å²) in [6, 6.07) is 7.69. The number of hydrogen-bond acceptors (Lipinski definition) is 4. The summed E-state index contributed by atoms with van der Waals surface area (Å²) in [7, 11) is -2.26. The van der Waals surface area contributed by atoms with Crippen molar-refractivity contribution in [1.82, 2.24) is 0 Å². The lowest BCUT2D eigenvalue weighted by Gasteiger charge is -2.15. The highest BCUT2D eigenvalue weighted by molar-refractivity contribution is 7.85. The van der Waals surface area contributed by atoms with Crippen LogP contribution in [0.2, 0.25) is 0 Å². The second kappa shape index (κ2) is 8.87. The highest BCUT2D eigenvalue weighted by atomic mass is 32.2. The Bertz CT molecular complexity index is 587. The third kappa shape index (κ3) is 7.53. The Morgan fingerprint density at radius 2 is 1.95 bits per heavy atom. The van der Waals surface area contributed by atoms with Crippen LogP contribution in [-0.4, -0.2) is 44.8 Å². The van der Waals surface area contributed by atoms with Crippen LogP contribution in [0.1, 0.15) is 25.3 Å². The molecule has 0 aromatic heterocycles. The van der Waals surface area contributed by atoms with Gasteiger partial charge in [-0.05, 0) is 30.9 Å². The minimum Gasteiger partial charge on any atom is -0.748 e. The van der Waals surface area contributed by atoms with Crippen molar-refractivity contribution in [1.29, 1.82) is 0 Å². The highest BCUT2D eigenvalue weighted by Crippen LogP contribution is 2.14. The minimum atomic E-state index is -4.13. The van der Waals surface area contributed by atoms with Gasteiger partial charge in [0.15, 0.2) is 6.54 Å². The number of anilines is 1. The van der Waals surface area contributed by atoms with E-state index in [4.69, 9.17) is 0 Å². The van der Waals surface area contributed by atoms with Crippen molar-refractivity contribution in [2.45, 2.75) is 26.2 Å². The molecule has 1 atom stereocenters. The summed E-state index contributed by atoms with van der Waals surface area (Å²) in [5, 5.41) is 2.90. The number of carbonyl (C=O) groups is 1. The monoisotopic (exact) mass is 328 g/mol.